The molecule has 1 atom stereocenters. The van der Waals surface area contributed by atoms with Gasteiger partial charge in [0.2, 0.25) is 0 Å². The van der Waals surface area contributed by atoms with Gasteiger partial charge in [-0.2, -0.15) is 0 Å². The molecule has 0 saturated carbocycles. The topological polar surface area (TPSA) is 12.0 Å². The fourth-order valence-corrected chi connectivity index (χ4v) is 3.94. The summed E-state index contributed by atoms with van der Waals surface area (Å²) in [6, 6.07) is 8.10. The smallest absolute Gasteiger partial charge is 0.0961 e. The SMILES string of the molecule is CNC(c1cc(C)c(Cl)s1)c1ccc(Br)cc1Cl. The largest absolute Gasteiger partial charge is 0.309 e. The maximum atomic E-state index is 6.30. The van der Waals surface area contributed by atoms with Crippen molar-refractivity contribution in [3.63, 3.8) is 0 Å². The van der Waals surface area contributed by atoms with Gasteiger partial charge in [-0.1, -0.05) is 45.2 Å². The van der Waals surface area contributed by atoms with E-state index in [1.807, 2.05) is 32.2 Å². The van der Waals surface area contributed by atoms with Crippen molar-refractivity contribution in [1.29, 1.82) is 0 Å². The number of halogens is 3. The molecule has 0 aliphatic carbocycles. The highest BCUT2D eigenvalue weighted by Gasteiger charge is 2.18. The molecule has 0 saturated heterocycles. The first-order valence-corrected chi connectivity index (χ1v) is 7.77. The lowest BCUT2D eigenvalue weighted by Crippen LogP contribution is -2.16. The van der Waals surface area contributed by atoms with Crippen LogP contribution in [0.3, 0.4) is 0 Å². The quantitative estimate of drug-likeness (QED) is 0.765. The van der Waals surface area contributed by atoms with E-state index in [4.69, 9.17) is 23.2 Å². The van der Waals surface area contributed by atoms with Gasteiger partial charge in [-0.3, -0.25) is 0 Å². The van der Waals surface area contributed by atoms with E-state index in [1.165, 1.54) is 4.88 Å². The third-order valence-corrected chi connectivity index (χ3v) is 5.16. The van der Waals surface area contributed by atoms with Crippen molar-refractivity contribution in [2.24, 2.45) is 0 Å². The fraction of sp³-hybridized carbons (Fsp3) is 0.231. The molecule has 1 N–H and O–H groups in total. The predicted molar refractivity (Wildman–Crippen MR) is 84.1 cm³/mol. The van der Waals surface area contributed by atoms with E-state index >= 15 is 0 Å². The Hall–Kier alpha value is -0.0600. The van der Waals surface area contributed by atoms with E-state index in [0.29, 0.717) is 0 Å². The van der Waals surface area contributed by atoms with Gasteiger partial charge in [0.1, 0.15) is 0 Å². The lowest BCUT2D eigenvalue weighted by Gasteiger charge is -2.16. The number of rotatable bonds is 3. The molecule has 0 aliphatic rings. The van der Waals surface area contributed by atoms with Crippen LogP contribution in [-0.4, -0.2) is 7.05 Å². The number of nitrogens with one attached hydrogen (secondary N) is 1. The lowest BCUT2D eigenvalue weighted by atomic mass is 10.1. The van der Waals surface area contributed by atoms with Crippen LogP contribution in [-0.2, 0) is 0 Å². The fourth-order valence-electron chi connectivity index (χ4n) is 1.81. The summed E-state index contributed by atoms with van der Waals surface area (Å²) < 4.78 is 1.81. The number of thiophene rings is 1. The van der Waals surface area contributed by atoms with Crippen molar-refractivity contribution in [2.75, 3.05) is 7.05 Å². The minimum absolute atomic E-state index is 0.0711. The van der Waals surface area contributed by atoms with Gasteiger partial charge in [-0.15, -0.1) is 11.3 Å². The molecule has 1 heterocycles. The highest BCUT2D eigenvalue weighted by atomic mass is 79.9. The average Bonchev–Trinajstić information content (AvgIpc) is 2.63. The summed E-state index contributed by atoms with van der Waals surface area (Å²) in [6.45, 7) is 2.01. The normalized spacial score (nSPS) is 12.7. The number of benzene rings is 1. The molecule has 1 nitrogen and oxygen atoms in total. The Bertz CT molecular complexity index is 549. The average molecular weight is 365 g/mol. The lowest BCUT2D eigenvalue weighted by molar-refractivity contribution is 0.703. The Balaban J connectivity index is 2.45. The third-order valence-electron chi connectivity index (χ3n) is 2.72. The zero-order valence-corrected chi connectivity index (χ0v) is 13.8. The van der Waals surface area contributed by atoms with Crippen molar-refractivity contribution >= 4 is 50.5 Å². The Morgan fingerprint density at radius 1 is 1.28 bits per heavy atom. The second-order valence-corrected chi connectivity index (χ2v) is 7.00. The summed E-state index contributed by atoms with van der Waals surface area (Å²) >= 11 is 17.4. The molecule has 0 aliphatic heterocycles. The van der Waals surface area contributed by atoms with Crippen LogP contribution in [0.25, 0.3) is 0 Å². The summed E-state index contributed by atoms with van der Waals surface area (Å²) in [5.41, 5.74) is 2.16. The summed E-state index contributed by atoms with van der Waals surface area (Å²) in [4.78, 5) is 1.17. The Labute approximate surface area is 129 Å². The minimum atomic E-state index is 0.0711. The predicted octanol–water partition coefficient (Wildman–Crippen LogP) is 5.43. The molecule has 0 bridgehead atoms. The first-order valence-electron chi connectivity index (χ1n) is 5.41. The molecule has 1 aromatic carbocycles. The molecule has 0 fully saturated rings. The van der Waals surface area contributed by atoms with Crippen molar-refractivity contribution < 1.29 is 0 Å². The molecule has 96 valence electrons. The molecule has 2 rings (SSSR count). The van der Waals surface area contributed by atoms with Crippen LogP contribution < -0.4 is 5.32 Å². The van der Waals surface area contributed by atoms with Gasteiger partial charge in [0, 0.05) is 14.4 Å². The number of aryl methyl sites for hydroxylation is 1. The van der Waals surface area contributed by atoms with E-state index in [9.17, 15) is 0 Å². The van der Waals surface area contributed by atoms with E-state index in [-0.39, 0.29) is 6.04 Å². The van der Waals surface area contributed by atoms with Crippen LogP contribution in [0.5, 0.6) is 0 Å². The molecular weight excluding hydrogens is 353 g/mol. The number of hydrogen-bond donors (Lipinski definition) is 1. The van der Waals surface area contributed by atoms with E-state index < -0.39 is 0 Å². The van der Waals surface area contributed by atoms with Gasteiger partial charge < -0.3 is 5.32 Å². The van der Waals surface area contributed by atoms with Crippen molar-refractivity contribution in [3.8, 4) is 0 Å². The zero-order chi connectivity index (χ0) is 13.3. The Kier molecular flexibility index (Phi) is 4.73. The van der Waals surface area contributed by atoms with Gasteiger partial charge in [-0.05, 0) is 43.3 Å². The van der Waals surface area contributed by atoms with Crippen molar-refractivity contribution in [2.45, 2.75) is 13.0 Å². The van der Waals surface area contributed by atoms with Gasteiger partial charge >= 0.3 is 0 Å². The first kappa shape index (κ1) is 14.4. The summed E-state index contributed by atoms with van der Waals surface area (Å²) in [7, 11) is 1.92. The van der Waals surface area contributed by atoms with Gasteiger partial charge in [0.15, 0.2) is 0 Å². The molecule has 0 radical (unpaired) electrons. The summed E-state index contributed by atoms with van der Waals surface area (Å²) in [5.74, 6) is 0. The van der Waals surface area contributed by atoms with E-state index in [0.717, 1.165) is 25.0 Å². The molecular formula is C13H12BrCl2NS. The molecule has 2 aromatic rings. The third kappa shape index (κ3) is 2.91. The van der Waals surface area contributed by atoms with Gasteiger partial charge in [0.25, 0.3) is 0 Å². The van der Waals surface area contributed by atoms with Crippen LogP contribution in [0.15, 0.2) is 28.7 Å². The summed E-state index contributed by atoms with van der Waals surface area (Å²) in [6.07, 6.45) is 0. The molecule has 1 unspecified atom stereocenters. The van der Waals surface area contributed by atoms with Gasteiger partial charge in [-0.25, -0.2) is 0 Å². The molecule has 18 heavy (non-hydrogen) atoms. The molecule has 0 amide bonds. The maximum Gasteiger partial charge on any atom is 0.0961 e. The zero-order valence-electron chi connectivity index (χ0n) is 9.93. The monoisotopic (exact) mass is 363 g/mol. The molecule has 0 spiro atoms. The van der Waals surface area contributed by atoms with E-state index in [1.54, 1.807) is 11.3 Å². The van der Waals surface area contributed by atoms with Crippen molar-refractivity contribution in [1.82, 2.24) is 5.32 Å². The van der Waals surface area contributed by atoms with Gasteiger partial charge in [0.05, 0.1) is 10.4 Å². The minimum Gasteiger partial charge on any atom is -0.309 e. The molecule has 5 heteroatoms. The highest BCUT2D eigenvalue weighted by molar-refractivity contribution is 9.10. The Morgan fingerprint density at radius 2 is 2.00 bits per heavy atom. The van der Waals surface area contributed by atoms with Crippen LogP contribution in [0.2, 0.25) is 9.36 Å². The maximum absolute atomic E-state index is 6.30. The highest BCUT2D eigenvalue weighted by Crippen LogP contribution is 2.36. The summed E-state index contributed by atoms with van der Waals surface area (Å²) in [5, 5.41) is 4.03. The van der Waals surface area contributed by atoms with Crippen molar-refractivity contribution in [3.05, 3.63) is 54.1 Å². The van der Waals surface area contributed by atoms with Crippen LogP contribution in [0.4, 0.5) is 0 Å². The number of hydrogen-bond acceptors (Lipinski definition) is 2. The van der Waals surface area contributed by atoms with E-state index in [2.05, 4.69) is 27.3 Å². The second-order valence-electron chi connectivity index (χ2n) is 3.99. The van der Waals surface area contributed by atoms with Crippen LogP contribution >= 0.6 is 50.5 Å². The second kappa shape index (κ2) is 5.93. The Morgan fingerprint density at radius 3 is 2.50 bits per heavy atom. The standard InChI is InChI=1S/C13H12BrCl2NS/c1-7-5-11(18-13(7)16)12(17-2)9-4-3-8(14)6-10(9)15/h3-6,12,17H,1-2H3. The first-order chi connectivity index (χ1) is 8.52. The molecule has 1 aromatic heterocycles. The van der Waals surface area contributed by atoms with Crippen LogP contribution in [0, 0.1) is 6.92 Å². The van der Waals surface area contributed by atoms with Crippen LogP contribution in [0.1, 0.15) is 22.0 Å².